The molecule has 0 aromatic heterocycles. The van der Waals surface area contributed by atoms with Crippen molar-refractivity contribution < 1.29 is 9.53 Å². The Morgan fingerprint density at radius 1 is 0.833 bits per heavy atom. The third kappa shape index (κ3) is 2.17. The van der Waals surface area contributed by atoms with E-state index in [1.807, 2.05) is 24.3 Å². The van der Waals surface area contributed by atoms with Crippen molar-refractivity contribution in [3.8, 4) is 0 Å². The van der Waals surface area contributed by atoms with Gasteiger partial charge in [-0.3, -0.25) is 4.79 Å². The van der Waals surface area contributed by atoms with E-state index in [1.165, 1.54) is 0 Å². The van der Waals surface area contributed by atoms with Gasteiger partial charge in [0.05, 0.1) is 12.2 Å². The Hall–Kier alpha value is -2.19. The standard InChI is InChI=1S/C22H20O2/c23-22(16-12-17-9-10-18(13-16)24-17)21-19-7-3-1-5-14(19)11-15-6-2-4-8-20(15)21/h1-8,11,16-18H,9-10,12-13H2. The number of rotatable bonds is 2. The van der Waals surface area contributed by atoms with Crippen molar-refractivity contribution in [1.29, 1.82) is 0 Å². The largest absolute Gasteiger partial charge is 0.375 e. The summed E-state index contributed by atoms with van der Waals surface area (Å²) in [6.45, 7) is 0. The van der Waals surface area contributed by atoms with E-state index in [9.17, 15) is 4.79 Å². The van der Waals surface area contributed by atoms with E-state index < -0.39 is 0 Å². The number of ketones is 1. The third-order valence-electron chi connectivity index (χ3n) is 5.68. The summed E-state index contributed by atoms with van der Waals surface area (Å²) in [5.41, 5.74) is 0.912. The lowest BCUT2D eigenvalue weighted by Crippen LogP contribution is -2.30. The molecule has 3 aromatic rings. The van der Waals surface area contributed by atoms with Crippen LogP contribution >= 0.6 is 0 Å². The number of benzene rings is 3. The van der Waals surface area contributed by atoms with Gasteiger partial charge in [-0.1, -0.05) is 48.5 Å². The molecule has 2 saturated heterocycles. The van der Waals surface area contributed by atoms with Crippen molar-refractivity contribution in [2.45, 2.75) is 37.9 Å². The second-order valence-electron chi connectivity index (χ2n) is 7.18. The summed E-state index contributed by atoms with van der Waals surface area (Å²) >= 11 is 0. The van der Waals surface area contributed by atoms with Crippen molar-refractivity contribution in [2.24, 2.45) is 5.92 Å². The fourth-order valence-electron chi connectivity index (χ4n) is 4.56. The lowest BCUT2D eigenvalue weighted by atomic mass is 9.84. The molecular formula is C22H20O2. The van der Waals surface area contributed by atoms with Gasteiger partial charge in [0.25, 0.3) is 0 Å². The van der Waals surface area contributed by atoms with Gasteiger partial charge in [0.15, 0.2) is 5.78 Å². The van der Waals surface area contributed by atoms with Gasteiger partial charge < -0.3 is 4.74 Å². The summed E-state index contributed by atoms with van der Waals surface area (Å²) < 4.78 is 5.94. The zero-order valence-corrected chi connectivity index (χ0v) is 13.6. The van der Waals surface area contributed by atoms with E-state index in [0.717, 1.165) is 52.8 Å². The molecule has 0 N–H and O–H groups in total. The molecule has 2 unspecified atom stereocenters. The highest BCUT2D eigenvalue weighted by Gasteiger charge is 2.38. The van der Waals surface area contributed by atoms with E-state index in [4.69, 9.17) is 4.74 Å². The summed E-state index contributed by atoms with van der Waals surface area (Å²) in [7, 11) is 0. The topological polar surface area (TPSA) is 26.3 Å². The van der Waals surface area contributed by atoms with Crippen LogP contribution in [0.25, 0.3) is 21.5 Å². The Kier molecular flexibility index (Phi) is 3.20. The molecule has 2 heteroatoms. The summed E-state index contributed by atoms with van der Waals surface area (Å²) in [6, 6.07) is 18.7. The van der Waals surface area contributed by atoms with Crippen molar-refractivity contribution >= 4 is 27.3 Å². The van der Waals surface area contributed by atoms with Gasteiger partial charge in [-0.15, -0.1) is 0 Å². The van der Waals surface area contributed by atoms with Crippen LogP contribution in [0.4, 0.5) is 0 Å². The molecule has 0 spiro atoms. The molecule has 2 fully saturated rings. The maximum Gasteiger partial charge on any atom is 0.167 e. The van der Waals surface area contributed by atoms with Crippen LogP contribution in [0.5, 0.6) is 0 Å². The fraction of sp³-hybridized carbons (Fsp3) is 0.318. The number of fused-ring (bicyclic) bond motifs is 4. The van der Waals surface area contributed by atoms with Crippen molar-refractivity contribution in [1.82, 2.24) is 0 Å². The average molecular weight is 316 g/mol. The summed E-state index contributed by atoms with van der Waals surface area (Å²) in [5.74, 6) is 0.411. The van der Waals surface area contributed by atoms with Crippen LogP contribution in [0.3, 0.4) is 0 Å². The normalized spacial score (nSPS) is 26.1. The molecule has 2 bridgehead atoms. The molecule has 2 nitrogen and oxygen atoms in total. The first kappa shape index (κ1) is 14.2. The molecule has 0 saturated carbocycles. The molecule has 2 atom stereocenters. The quantitative estimate of drug-likeness (QED) is 0.484. The number of Topliss-reactive ketones (excluding diaryl/α,β-unsaturated/α-hetero) is 1. The van der Waals surface area contributed by atoms with E-state index >= 15 is 0 Å². The van der Waals surface area contributed by atoms with Crippen LogP contribution in [0.2, 0.25) is 0 Å². The fourth-order valence-corrected chi connectivity index (χ4v) is 4.56. The van der Waals surface area contributed by atoms with Crippen molar-refractivity contribution in [2.75, 3.05) is 0 Å². The number of hydrogen-bond donors (Lipinski definition) is 0. The van der Waals surface area contributed by atoms with Crippen LogP contribution in [0.15, 0.2) is 54.6 Å². The highest BCUT2D eigenvalue weighted by Crippen LogP contribution is 2.39. The number of carbonyl (C=O) groups is 1. The SMILES string of the molecule is O=C(c1c2ccccc2cc2ccccc12)C1CC2CCC(C1)O2. The van der Waals surface area contributed by atoms with Gasteiger partial charge in [-0.2, -0.15) is 0 Å². The van der Waals surface area contributed by atoms with E-state index in [-0.39, 0.29) is 5.92 Å². The maximum absolute atomic E-state index is 13.5. The zero-order chi connectivity index (χ0) is 16.1. The summed E-state index contributed by atoms with van der Waals surface area (Å²) in [4.78, 5) is 13.5. The first-order valence-corrected chi connectivity index (χ1v) is 8.90. The second kappa shape index (κ2) is 5.42. The van der Waals surface area contributed by atoms with E-state index in [1.54, 1.807) is 0 Å². The van der Waals surface area contributed by atoms with Crippen molar-refractivity contribution in [3.05, 3.63) is 60.2 Å². The molecular weight excluding hydrogens is 296 g/mol. The van der Waals surface area contributed by atoms with Gasteiger partial charge in [0.1, 0.15) is 0 Å². The van der Waals surface area contributed by atoms with Gasteiger partial charge in [-0.05, 0) is 53.3 Å². The van der Waals surface area contributed by atoms with Crippen LogP contribution in [-0.4, -0.2) is 18.0 Å². The molecule has 2 heterocycles. The molecule has 2 aliphatic heterocycles. The Bertz CT molecular complexity index is 877. The Morgan fingerprint density at radius 3 is 1.96 bits per heavy atom. The van der Waals surface area contributed by atoms with E-state index in [0.29, 0.717) is 18.0 Å². The predicted molar refractivity (Wildman–Crippen MR) is 96.4 cm³/mol. The molecule has 3 aromatic carbocycles. The highest BCUT2D eigenvalue weighted by molar-refractivity contribution is 6.19. The summed E-state index contributed by atoms with van der Waals surface area (Å²) in [5, 5.41) is 4.46. The lowest BCUT2D eigenvalue weighted by Gasteiger charge is -2.28. The van der Waals surface area contributed by atoms with Crippen LogP contribution in [0, 0.1) is 5.92 Å². The van der Waals surface area contributed by atoms with Gasteiger partial charge in [0.2, 0.25) is 0 Å². The lowest BCUT2D eigenvalue weighted by molar-refractivity contribution is -0.0148. The molecule has 24 heavy (non-hydrogen) atoms. The van der Waals surface area contributed by atoms with Gasteiger partial charge in [-0.25, -0.2) is 0 Å². The minimum atomic E-state index is 0.102. The maximum atomic E-state index is 13.5. The van der Waals surface area contributed by atoms with E-state index in [2.05, 4.69) is 30.3 Å². The first-order valence-electron chi connectivity index (χ1n) is 8.90. The highest BCUT2D eigenvalue weighted by atomic mass is 16.5. The molecule has 0 radical (unpaired) electrons. The Balaban J connectivity index is 1.70. The molecule has 0 amide bonds. The number of hydrogen-bond acceptors (Lipinski definition) is 2. The van der Waals surface area contributed by atoms with Crippen LogP contribution < -0.4 is 0 Å². The van der Waals surface area contributed by atoms with Gasteiger partial charge >= 0.3 is 0 Å². The van der Waals surface area contributed by atoms with Crippen LogP contribution in [0.1, 0.15) is 36.0 Å². The monoisotopic (exact) mass is 316 g/mol. The number of ether oxygens (including phenoxy) is 1. The smallest absolute Gasteiger partial charge is 0.167 e. The molecule has 120 valence electrons. The van der Waals surface area contributed by atoms with Crippen molar-refractivity contribution in [3.63, 3.8) is 0 Å². The minimum Gasteiger partial charge on any atom is -0.375 e. The van der Waals surface area contributed by atoms with Crippen LogP contribution in [-0.2, 0) is 4.74 Å². The molecule has 0 aliphatic carbocycles. The Morgan fingerprint density at radius 2 is 1.38 bits per heavy atom. The zero-order valence-electron chi connectivity index (χ0n) is 13.6. The first-order chi connectivity index (χ1) is 11.8. The van der Waals surface area contributed by atoms with Gasteiger partial charge in [0, 0.05) is 11.5 Å². The molecule has 2 aliphatic rings. The predicted octanol–water partition coefficient (Wildman–Crippen LogP) is 5.13. The summed E-state index contributed by atoms with van der Waals surface area (Å²) in [6.07, 6.45) is 4.58. The average Bonchev–Trinajstić information content (AvgIpc) is 2.97. The molecule has 5 rings (SSSR count). The minimum absolute atomic E-state index is 0.102. The number of carbonyl (C=O) groups excluding carboxylic acids is 1. The third-order valence-corrected chi connectivity index (χ3v) is 5.68. The Labute approximate surface area is 141 Å². The second-order valence-corrected chi connectivity index (χ2v) is 7.18.